The molecule has 1 aliphatic carbocycles. The van der Waals surface area contributed by atoms with E-state index >= 15 is 0 Å². The molecule has 1 aliphatic heterocycles. The van der Waals surface area contributed by atoms with Gasteiger partial charge in [-0.1, -0.05) is 0 Å². The molecule has 0 radical (unpaired) electrons. The van der Waals surface area contributed by atoms with E-state index in [9.17, 15) is 9.59 Å². The maximum atomic E-state index is 12.5. The van der Waals surface area contributed by atoms with Crippen molar-refractivity contribution in [2.75, 3.05) is 19.6 Å². The lowest BCUT2D eigenvalue weighted by atomic mass is 9.91. The minimum Gasteiger partial charge on any atom is -0.444 e. The number of hydrogen-bond donors (Lipinski definition) is 2. The number of fused-ring (bicyclic) bond motifs is 1. The van der Waals surface area contributed by atoms with Crippen LogP contribution in [-0.4, -0.2) is 52.1 Å². The summed E-state index contributed by atoms with van der Waals surface area (Å²) >= 11 is 0. The SMILES string of the molecule is CC(C)(C)OC(=O)N1CCC2(CC1)CC2CNC(=O)c1cc2ccncc2[nH]1. The van der Waals surface area contributed by atoms with Crippen LogP contribution in [0.4, 0.5) is 4.79 Å². The van der Waals surface area contributed by atoms with Crippen molar-refractivity contribution in [3.8, 4) is 0 Å². The third kappa shape index (κ3) is 3.84. The van der Waals surface area contributed by atoms with Gasteiger partial charge in [-0.2, -0.15) is 0 Å². The second-order valence-corrected chi connectivity index (χ2v) is 9.09. The van der Waals surface area contributed by atoms with Crippen LogP contribution in [0.5, 0.6) is 0 Å². The fourth-order valence-corrected chi connectivity index (χ4v) is 4.20. The van der Waals surface area contributed by atoms with Crippen LogP contribution in [0, 0.1) is 11.3 Å². The Morgan fingerprint density at radius 2 is 2.11 bits per heavy atom. The highest BCUT2D eigenvalue weighted by Crippen LogP contribution is 2.59. The Kier molecular flexibility index (Phi) is 4.56. The number of carbonyl (C=O) groups excluding carboxylic acids is 2. The smallest absolute Gasteiger partial charge is 0.410 e. The fraction of sp³-hybridized carbons (Fsp3) is 0.571. The summed E-state index contributed by atoms with van der Waals surface area (Å²) in [7, 11) is 0. The van der Waals surface area contributed by atoms with Gasteiger partial charge in [0, 0.05) is 31.2 Å². The quantitative estimate of drug-likeness (QED) is 0.850. The monoisotopic (exact) mass is 384 g/mol. The van der Waals surface area contributed by atoms with Crippen LogP contribution < -0.4 is 5.32 Å². The molecule has 1 saturated carbocycles. The zero-order valence-electron chi connectivity index (χ0n) is 16.7. The van der Waals surface area contributed by atoms with E-state index < -0.39 is 5.60 Å². The zero-order valence-corrected chi connectivity index (χ0v) is 16.7. The molecule has 2 aromatic heterocycles. The van der Waals surface area contributed by atoms with Crippen LogP contribution >= 0.6 is 0 Å². The van der Waals surface area contributed by atoms with Gasteiger partial charge in [0.2, 0.25) is 0 Å². The van der Waals surface area contributed by atoms with Crippen LogP contribution in [-0.2, 0) is 4.74 Å². The Balaban J connectivity index is 1.26. The summed E-state index contributed by atoms with van der Waals surface area (Å²) in [6.07, 6.45) is 6.29. The number of H-pyrrole nitrogens is 1. The van der Waals surface area contributed by atoms with E-state index in [4.69, 9.17) is 4.74 Å². The third-order valence-corrected chi connectivity index (χ3v) is 5.95. The molecule has 2 aromatic rings. The molecule has 1 atom stereocenters. The third-order valence-electron chi connectivity index (χ3n) is 5.95. The van der Waals surface area contributed by atoms with Gasteiger partial charge in [-0.25, -0.2) is 4.79 Å². The maximum Gasteiger partial charge on any atom is 0.410 e. The number of nitrogens with one attached hydrogen (secondary N) is 2. The molecule has 2 fully saturated rings. The minimum absolute atomic E-state index is 0.0792. The van der Waals surface area contributed by atoms with Crippen molar-refractivity contribution in [3.63, 3.8) is 0 Å². The van der Waals surface area contributed by atoms with Gasteiger partial charge in [-0.15, -0.1) is 0 Å². The molecular formula is C21H28N4O3. The Labute approximate surface area is 164 Å². The molecule has 2 amide bonds. The number of ether oxygens (including phenoxy) is 1. The average molecular weight is 384 g/mol. The molecule has 0 bridgehead atoms. The predicted molar refractivity (Wildman–Crippen MR) is 106 cm³/mol. The summed E-state index contributed by atoms with van der Waals surface area (Å²) in [5.74, 6) is 0.410. The number of hydrogen-bond acceptors (Lipinski definition) is 4. The number of carbonyl (C=O) groups is 2. The topological polar surface area (TPSA) is 87.3 Å². The molecule has 3 heterocycles. The lowest BCUT2D eigenvalue weighted by Gasteiger charge is -2.34. The van der Waals surface area contributed by atoms with Gasteiger partial charge in [-0.05, 0) is 63.5 Å². The van der Waals surface area contributed by atoms with Crippen LogP contribution in [0.15, 0.2) is 24.5 Å². The number of nitrogens with zero attached hydrogens (tertiary/aromatic N) is 2. The number of aromatic nitrogens is 2. The summed E-state index contributed by atoms with van der Waals surface area (Å²) < 4.78 is 5.47. The summed E-state index contributed by atoms with van der Waals surface area (Å²) in [6.45, 7) is 7.81. The molecule has 1 spiro atoms. The number of rotatable bonds is 3. The number of piperidine rings is 1. The van der Waals surface area contributed by atoms with Crippen LogP contribution in [0.3, 0.4) is 0 Å². The first-order valence-electron chi connectivity index (χ1n) is 9.95. The Hall–Kier alpha value is -2.57. The molecule has 4 rings (SSSR count). The lowest BCUT2D eigenvalue weighted by molar-refractivity contribution is 0.0165. The second kappa shape index (κ2) is 6.79. The van der Waals surface area contributed by atoms with Crippen molar-refractivity contribution in [2.24, 2.45) is 11.3 Å². The Morgan fingerprint density at radius 1 is 1.36 bits per heavy atom. The summed E-state index contributed by atoms with van der Waals surface area (Å²) in [5.41, 5.74) is 1.25. The summed E-state index contributed by atoms with van der Waals surface area (Å²) in [6, 6.07) is 3.74. The first kappa shape index (κ1) is 18.8. The molecule has 2 N–H and O–H groups in total. The Bertz CT molecular complexity index is 857. The molecule has 2 aliphatic rings. The Morgan fingerprint density at radius 3 is 2.79 bits per heavy atom. The van der Waals surface area contributed by atoms with Crippen molar-refractivity contribution in [1.29, 1.82) is 0 Å². The van der Waals surface area contributed by atoms with Gasteiger partial charge in [0.1, 0.15) is 11.3 Å². The molecule has 7 heteroatoms. The fourth-order valence-electron chi connectivity index (χ4n) is 4.20. The normalized spacial score (nSPS) is 21.0. The molecular weight excluding hydrogens is 356 g/mol. The first-order chi connectivity index (χ1) is 13.3. The van der Waals surface area contributed by atoms with E-state index in [0.717, 1.165) is 43.3 Å². The molecule has 28 heavy (non-hydrogen) atoms. The standard InChI is InChI=1S/C21H28N4O3/c1-20(2,3)28-19(27)25-8-5-21(6-9-25)11-15(21)12-23-18(26)16-10-14-4-7-22-13-17(14)24-16/h4,7,10,13,15,24H,5-6,8-9,11-12H2,1-3H3,(H,23,26). The summed E-state index contributed by atoms with van der Waals surface area (Å²) in [4.78, 5) is 33.7. The van der Waals surface area contributed by atoms with Gasteiger partial charge in [0.05, 0.1) is 11.7 Å². The lowest BCUT2D eigenvalue weighted by Crippen LogP contribution is -2.43. The minimum atomic E-state index is -0.461. The van der Waals surface area contributed by atoms with Crippen molar-refractivity contribution >= 4 is 22.9 Å². The van der Waals surface area contributed by atoms with E-state index in [1.54, 1.807) is 12.4 Å². The molecule has 1 saturated heterocycles. The highest BCUT2D eigenvalue weighted by atomic mass is 16.6. The highest BCUT2D eigenvalue weighted by molar-refractivity contribution is 5.97. The second-order valence-electron chi connectivity index (χ2n) is 9.09. The van der Waals surface area contributed by atoms with Crippen molar-refractivity contribution in [2.45, 2.75) is 45.6 Å². The van der Waals surface area contributed by atoms with Crippen LogP contribution in [0.1, 0.15) is 50.5 Å². The number of aromatic amines is 1. The van der Waals surface area contributed by atoms with Gasteiger partial charge in [0.15, 0.2) is 0 Å². The van der Waals surface area contributed by atoms with Gasteiger partial charge < -0.3 is 19.9 Å². The molecule has 1 unspecified atom stereocenters. The van der Waals surface area contributed by atoms with Crippen LogP contribution in [0.2, 0.25) is 0 Å². The van der Waals surface area contributed by atoms with E-state index in [2.05, 4.69) is 15.3 Å². The van der Waals surface area contributed by atoms with Crippen molar-refractivity contribution in [1.82, 2.24) is 20.2 Å². The van der Waals surface area contributed by atoms with Gasteiger partial charge in [0.25, 0.3) is 5.91 Å². The zero-order chi connectivity index (χ0) is 19.9. The van der Waals surface area contributed by atoms with E-state index in [0.29, 0.717) is 18.2 Å². The number of likely N-dealkylation sites (tertiary alicyclic amines) is 1. The summed E-state index contributed by atoms with van der Waals surface area (Å²) in [5, 5.41) is 4.05. The predicted octanol–water partition coefficient (Wildman–Crippen LogP) is 3.33. The van der Waals surface area contributed by atoms with Crippen molar-refractivity contribution < 1.29 is 14.3 Å². The maximum absolute atomic E-state index is 12.5. The van der Waals surface area contributed by atoms with Crippen LogP contribution in [0.25, 0.3) is 10.9 Å². The average Bonchev–Trinajstić information content (AvgIpc) is 3.11. The van der Waals surface area contributed by atoms with E-state index in [1.807, 2.05) is 37.8 Å². The van der Waals surface area contributed by atoms with E-state index in [-0.39, 0.29) is 17.4 Å². The largest absolute Gasteiger partial charge is 0.444 e. The first-order valence-corrected chi connectivity index (χ1v) is 9.95. The highest BCUT2D eigenvalue weighted by Gasteiger charge is 2.55. The van der Waals surface area contributed by atoms with Gasteiger partial charge in [-0.3, -0.25) is 9.78 Å². The molecule has 150 valence electrons. The van der Waals surface area contributed by atoms with Crippen molar-refractivity contribution in [3.05, 3.63) is 30.2 Å². The van der Waals surface area contributed by atoms with E-state index in [1.165, 1.54) is 0 Å². The molecule has 0 aromatic carbocycles. The van der Waals surface area contributed by atoms with Gasteiger partial charge >= 0.3 is 6.09 Å². The number of pyridine rings is 1. The molecule has 7 nitrogen and oxygen atoms in total. The number of amides is 2.